The van der Waals surface area contributed by atoms with Crippen molar-refractivity contribution in [2.24, 2.45) is 0 Å². The van der Waals surface area contributed by atoms with Gasteiger partial charge in [0, 0.05) is 0 Å². The number of halogens is 7. The lowest BCUT2D eigenvalue weighted by molar-refractivity contribution is -0.597. The maximum Gasteiger partial charge on any atom is 0.416 e. The fraction of sp³-hybridized carbons (Fsp3) is 0.200. The van der Waals surface area contributed by atoms with E-state index in [1.165, 1.54) is 3.57 Å². The molecule has 0 aromatic heterocycles. The Morgan fingerprint density at radius 3 is 1.54 bits per heavy atom. The van der Waals surface area contributed by atoms with Gasteiger partial charge in [0.05, 0.1) is 16.0 Å². The van der Waals surface area contributed by atoms with Crippen LogP contribution in [-0.4, -0.2) is 17.9 Å². The largest absolute Gasteiger partial charge is 0.744 e. The zero-order valence-corrected chi connectivity index (χ0v) is 15.9. The van der Waals surface area contributed by atoms with Crippen molar-refractivity contribution in [1.29, 1.82) is 0 Å². The van der Waals surface area contributed by atoms with Crippen molar-refractivity contribution in [3.05, 3.63) is 63.2 Å². The normalized spacial score (nSPS) is 12.3. The van der Waals surface area contributed by atoms with Crippen LogP contribution in [-0.2, 0) is 22.5 Å². The zero-order chi connectivity index (χ0) is 20.2. The second kappa shape index (κ2) is 8.57. The summed E-state index contributed by atoms with van der Waals surface area (Å²) in [5, 5.41) is 0. The molecule has 144 valence electrons. The number of hydrogen-bond acceptors (Lipinski definition) is 3. The molecule has 0 unspecified atom stereocenters. The van der Waals surface area contributed by atoms with E-state index in [1.807, 2.05) is 0 Å². The van der Waals surface area contributed by atoms with Gasteiger partial charge in [-0.25, -0.2) is 8.42 Å². The van der Waals surface area contributed by atoms with E-state index in [-0.39, 0.29) is 18.2 Å². The molecule has 0 bridgehead atoms. The van der Waals surface area contributed by atoms with Gasteiger partial charge in [-0.1, -0.05) is 18.2 Å². The van der Waals surface area contributed by atoms with Gasteiger partial charge in [-0.05, 0) is 30.3 Å². The van der Waals surface area contributed by atoms with Crippen molar-refractivity contribution < 1.29 is 60.5 Å². The van der Waals surface area contributed by atoms with Crippen LogP contribution in [0.25, 0.3) is 0 Å². The second-order valence-corrected chi connectivity index (χ2v) is 8.38. The number of rotatable bonds is 2. The van der Waals surface area contributed by atoms with E-state index in [2.05, 4.69) is 35.3 Å². The predicted octanol–water partition coefficient (Wildman–Crippen LogP) is 1.20. The summed E-state index contributed by atoms with van der Waals surface area (Å²) in [6, 6.07) is 10.1. The Bertz CT molecular complexity index is 800. The summed E-state index contributed by atoms with van der Waals surface area (Å²) in [4.78, 5) is 0.693. The third-order valence-electron chi connectivity index (χ3n) is 2.80. The van der Waals surface area contributed by atoms with Gasteiger partial charge >= 0.3 is 33.6 Å². The van der Waals surface area contributed by atoms with Crippen LogP contribution >= 0.6 is 0 Å². The second-order valence-electron chi connectivity index (χ2n) is 4.68. The molecule has 0 atom stereocenters. The van der Waals surface area contributed by atoms with Crippen LogP contribution in [0.1, 0.15) is 11.1 Å². The summed E-state index contributed by atoms with van der Waals surface area (Å²) < 4.78 is 107. The molecule has 2 aromatic carbocycles. The minimum absolute atomic E-state index is 0.141. The summed E-state index contributed by atoms with van der Waals surface area (Å²) in [5.41, 5.74) is -3.71. The lowest BCUT2D eigenvalue weighted by Gasteiger charge is -2.15. The smallest absolute Gasteiger partial charge is 0.416 e. The first-order valence-corrected chi connectivity index (χ1v) is 11.2. The van der Waals surface area contributed by atoms with Crippen molar-refractivity contribution >= 4 is 10.1 Å². The van der Waals surface area contributed by atoms with Gasteiger partial charge in [-0.3, -0.25) is 0 Å². The van der Waals surface area contributed by atoms with E-state index < -0.39 is 38.5 Å². The fourth-order valence-corrected chi connectivity index (χ4v) is 3.29. The van der Waals surface area contributed by atoms with Gasteiger partial charge in [0.2, 0.25) is 0 Å². The molecule has 0 spiro atoms. The Labute approximate surface area is 156 Å². The first-order valence-electron chi connectivity index (χ1n) is 6.55. The molecule has 0 heterocycles. The van der Waals surface area contributed by atoms with Gasteiger partial charge in [-0.15, -0.1) is 0 Å². The fourth-order valence-electron chi connectivity index (χ4n) is 1.61. The van der Waals surface area contributed by atoms with E-state index in [0.717, 1.165) is 0 Å². The molecule has 0 radical (unpaired) electrons. The molecule has 0 fully saturated rings. The highest BCUT2D eigenvalue weighted by atomic mass is 127. The first kappa shape index (κ1) is 22.7. The third-order valence-corrected chi connectivity index (χ3v) is 5.58. The van der Waals surface area contributed by atoms with Gasteiger partial charge < -0.3 is 4.55 Å². The number of benzene rings is 2. The molecule has 2 aromatic rings. The quantitative estimate of drug-likeness (QED) is 0.263. The molecule has 0 saturated heterocycles. The van der Waals surface area contributed by atoms with Crippen LogP contribution in [0.15, 0.2) is 53.4 Å². The van der Waals surface area contributed by atoms with E-state index in [0.29, 0.717) is 21.2 Å². The third kappa shape index (κ3) is 7.11. The van der Waals surface area contributed by atoms with Crippen molar-refractivity contribution in [2.45, 2.75) is 17.2 Å². The number of alkyl halides is 7. The highest BCUT2D eigenvalue weighted by Crippen LogP contribution is 2.37. The van der Waals surface area contributed by atoms with Gasteiger partial charge in [0.25, 0.3) is 0 Å². The average molecular weight is 512 g/mol. The molecule has 0 saturated carbocycles. The molecule has 2 rings (SSSR count). The molecule has 0 aliphatic carbocycles. The summed E-state index contributed by atoms with van der Waals surface area (Å²) in [7, 11) is -5.42. The monoisotopic (exact) mass is 512 g/mol. The number of hydrogen-bond donors (Lipinski definition) is 0. The van der Waals surface area contributed by atoms with Crippen molar-refractivity contribution in [3.8, 4) is 0 Å². The molecular weight excluding hydrogens is 501 g/mol. The SMILES string of the molecule is C[I+]c1ccccc1.O=S(=O)([O-])c1cc(C(F)(F)F)cc(C(F)(F)F)c1. The van der Waals surface area contributed by atoms with Crippen molar-refractivity contribution in [1.82, 2.24) is 0 Å². The minimum Gasteiger partial charge on any atom is -0.744 e. The molecular formula is C15H11F6IO3S. The Morgan fingerprint density at radius 1 is 0.846 bits per heavy atom. The van der Waals surface area contributed by atoms with Crippen molar-refractivity contribution in [3.63, 3.8) is 0 Å². The van der Waals surface area contributed by atoms with Crippen LogP contribution in [0.3, 0.4) is 0 Å². The maximum atomic E-state index is 12.3. The molecule has 0 N–H and O–H groups in total. The Kier molecular flexibility index (Phi) is 7.48. The van der Waals surface area contributed by atoms with Crippen LogP contribution in [0.4, 0.5) is 26.3 Å². The average Bonchev–Trinajstić information content (AvgIpc) is 2.53. The highest BCUT2D eigenvalue weighted by Gasteiger charge is 2.37. The highest BCUT2D eigenvalue weighted by molar-refractivity contribution is 7.85. The molecule has 0 aliphatic heterocycles. The van der Waals surface area contributed by atoms with E-state index >= 15 is 0 Å². The van der Waals surface area contributed by atoms with Crippen LogP contribution in [0.5, 0.6) is 0 Å². The van der Waals surface area contributed by atoms with Crippen LogP contribution in [0, 0.1) is 3.57 Å². The molecule has 11 heteroatoms. The molecule has 0 amide bonds. The maximum absolute atomic E-state index is 12.3. The summed E-state index contributed by atoms with van der Waals surface area (Å²) in [6.45, 7) is 0. The first-order chi connectivity index (χ1) is 11.7. The Hall–Kier alpha value is -1.34. The molecule has 0 aliphatic rings. The van der Waals surface area contributed by atoms with Crippen molar-refractivity contribution in [2.75, 3.05) is 4.93 Å². The Balaban J connectivity index is 0.000000350. The van der Waals surface area contributed by atoms with Crippen LogP contribution in [0.2, 0.25) is 0 Å². The topological polar surface area (TPSA) is 57.2 Å². The lowest BCUT2D eigenvalue weighted by Crippen LogP contribution is -3.60. The Morgan fingerprint density at radius 2 is 1.27 bits per heavy atom. The lowest BCUT2D eigenvalue weighted by atomic mass is 10.1. The van der Waals surface area contributed by atoms with E-state index in [9.17, 15) is 39.3 Å². The van der Waals surface area contributed by atoms with Gasteiger partial charge in [0.15, 0.2) is 3.57 Å². The van der Waals surface area contributed by atoms with E-state index in [1.54, 1.807) is 0 Å². The van der Waals surface area contributed by atoms with Gasteiger partial charge in [0.1, 0.15) is 15.0 Å². The predicted molar refractivity (Wildman–Crippen MR) is 75.5 cm³/mol. The van der Waals surface area contributed by atoms with Crippen LogP contribution < -0.4 is 21.2 Å². The zero-order valence-electron chi connectivity index (χ0n) is 12.9. The standard InChI is InChI=1S/C8H4F6O3S.C7H8I/c9-7(10,11)4-1-5(8(12,13)14)3-6(2-4)18(15,16)17;1-8-7-5-3-2-4-6-7/h1-3H,(H,15,16,17);2-6H,1H3/q;+1/p-1. The summed E-state index contributed by atoms with van der Waals surface area (Å²) in [5.74, 6) is 0. The summed E-state index contributed by atoms with van der Waals surface area (Å²) >= 11 is 0.309. The van der Waals surface area contributed by atoms with Gasteiger partial charge in [-0.2, -0.15) is 26.3 Å². The van der Waals surface area contributed by atoms with E-state index in [4.69, 9.17) is 0 Å². The summed E-state index contributed by atoms with van der Waals surface area (Å²) in [6.07, 6.45) is -10.4. The minimum atomic E-state index is -5.42. The molecule has 3 nitrogen and oxygen atoms in total. The molecule has 26 heavy (non-hydrogen) atoms.